The third-order valence-electron chi connectivity index (χ3n) is 2.47. The molecule has 0 bridgehead atoms. The van der Waals surface area contributed by atoms with Crippen LogP contribution in [0.25, 0.3) is 0 Å². The number of hydrogen-bond donors (Lipinski definition) is 1. The third-order valence-corrected chi connectivity index (χ3v) is 2.47. The van der Waals surface area contributed by atoms with Crippen LogP contribution < -0.4 is 5.32 Å². The highest BCUT2D eigenvalue weighted by Crippen LogP contribution is 2.07. The van der Waals surface area contributed by atoms with E-state index in [1.54, 1.807) is 13.1 Å². The Morgan fingerprint density at radius 1 is 1.59 bits per heavy atom. The fourth-order valence-corrected chi connectivity index (χ4v) is 1.37. The molecule has 0 aliphatic rings. The second-order valence-corrected chi connectivity index (χ2v) is 3.76. The molecule has 92 valence electrons. The van der Waals surface area contributed by atoms with Crippen LogP contribution in [0.1, 0.15) is 25.6 Å². The van der Waals surface area contributed by atoms with Crippen LogP contribution >= 0.6 is 0 Å². The van der Waals surface area contributed by atoms with Gasteiger partial charge in [-0.2, -0.15) is 0 Å². The Morgan fingerprint density at radius 2 is 2.35 bits per heavy atom. The number of methoxy groups -OCH3 is 1. The Labute approximate surface area is 102 Å². The molecule has 4 nitrogen and oxygen atoms in total. The Bertz CT molecular complexity index is 388. The zero-order valence-corrected chi connectivity index (χ0v) is 10.4. The SMILES string of the molecule is COC(=O)/C(C)=C/CN[C@@H](C)c1ccccn1. The van der Waals surface area contributed by atoms with Crippen molar-refractivity contribution < 1.29 is 9.53 Å². The Hall–Kier alpha value is -1.68. The second-order valence-electron chi connectivity index (χ2n) is 3.76. The summed E-state index contributed by atoms with van der Waals surface area (Å²) in [4.78, 5) is 15.4. The molecule has 1 aromatic rings. The van der Waals surface area contributed by atoms with E-state index in [4.69, 9.17) is 0 Å². The molecule has 0 radical (unpaired) electrons. The first kappa shape index (κ1) is 13.4. The lowest BCUT2D eigenvalue weighted by Crippen LogP contribution is -2.20. The molecule has 1 rings (SSSR count). The molecule has 1 aromatic heterocycles. The summed E-state index contributed by atoms with van der Waals surface area (Å²) < 4.78 is 4.61. The van der Waals surface area contributed by atoms with E-state index in [1.807, 2.05) is 31.2 Å². The summed E-state index contributed by atoms with van der Waals surface area (Å²) in [6.07, 6.45) is 3.58. The first-order valence-corrected chi connectivity index (χ1v) is 5.54. The number of carbonyl (C=O) groups is 1. The van der Waals surface area contributed by atoms with E-state index in [1.165, 1.54) is 7.11 Å². The predicted molar refractivity (Wildman–Crippen MR) is 66.4 cm³/mol. The molecule has 0 unspecified atom stereocenters. The maximum Gasteiger partial charge on any atom is 0.333 e. The van der Waals surface area contributed by atoms with Crippen molar-refractivity contribution in [1.29, 1.82) is 0 Å². The van der Waals surface area contributed by atoms with Gasteiger partial charge in [0, 0.05) is 24.4 Å². The quantitative estimate of drug-likeness (QED) is 0.624. The van der Waals surface area contributed by atoms with Gasteiger partial charge in [0.15, 0.2) is 0 Å². The molecule has 1 heterocycles. The van der Waals surface area contributed by atoms with Crippen molar-refractivity contribution in [2.24, 2.45) is 0 Å². The molecule has 0 spiro atoms. The smallest absolute Gasteiger partial charge is 0.333 e. The minimum Gasteiger partial charge on any atom is -0.466 e. The number of nitrogens with zero attached hydrogens (tertiary/aromatic N) is 1. The average molecular weight is 234 g/mol. The average Bonchev–Trinajstić information content (AvgIpc) is 2.38. The molecule has 0 aliphatic carbocycles. The lowest BCUT2D eigenvalue weighted by molar-refractivity contribution is -0.136. The van der Waals surface area contributed by atoms with E-state index in [0.717, 1.165) is 5.69 Å². The Kier molecular flexibility index (Phi) is 5.36. The van der Waals surface area contributed by atoms with Crippen molar-refractivity contribution in [3.8, 4) is 0 Å². The molecule has 0 saturated heterocycles. The van der Waals surface area contributed by atoms with Crippen molar-refractivity contribution in [2.45, 2.75) is 19.9 Å². The molecule has 17 heavy (non-hydrogen) atoms. The van der Waals surface area contributed by atoms with Crippen LogP contribution in [0.3, 0.4) is 0 Å². The molecule has 1 N–H and O–H groups in total. The topological polar surface area (TPSA) is 51.2 Å². The standard InChI is InChI=1S/C13H18N2O2/c1-10(13(16)17-3)7-9-14-11(2)12-6-4-5-8-15-12/h4-8,11,14H,9H2,1-3H3/b10-7+/t11-/m0/s1. The molecule has 0 fully saturated rings. The fourth-order valence-electron chi connectivity index (χ4n) is 1.37. The van der Waals surface area contributed by atoms with E-state index in [0.29, 0.717) is 12.1 Å². The zero-order chi connectivity index (χ0) is 12.7. The lowest BCUT2D eigenvalue weighted by Gasteiger charge is -2.11. The predicted octanol–water partition coefficient (Wildman–Crippen LogP) is 1.85. The summed E-state index contributed by atoms with van der Waals surface area (Å²) in [5, 5.41) is 3.26. The van der Waals surface area contributed by atoms with E-state index < -0.39 is 0 Å². The van der Waals surface area contributed by atoms with Gasteiger partial charge < -0.3 is 10.1 Å². The van der Waals surface area contributed by atoms with Crippen molar-refractivity contribution in [1.82, 2.24) is 10.3 Å². The first-order chi connectivity index (χ1) is 8.15. The minimum atomic E-state index is -0.294. The van der Waals surface area contributed by atoms with Crippen molar-refractivity contribution in [3.05, 3.63) is 41.7 Å². The summed E-state index contributed by atoms with van der Waals surface area (Å²) in [6.45, 7) is 4.38. The number of esters is 1. The van der Waals surface area contributed by atoms with Crippen LogP contribution in [-0.4, -0.2) is 24.6 Å². The third kappa shape index (κ3) is 4.36. The highest BCUT2D eigenvalue weighted by Gasteiger charge is 2.05. The molecule has 4 heteroatoms. The molecular formula is C13H18N2O2. The van der Waals surface area contributed by atoms with Crippen LogP contribution in [0.2, 0.25) is 0 Å². The molecule has 0 aromatic carbocycles. The minimum absolute atomic E-state index is 0.151. The van der Waals surface area contributed by atoms with E-state index >= 15 is 0 Å². The van der Waals surface area contributed by atoms with Crippen molar-refractivity contribution in [2.75, 3.05) is 13.7 Å². The number of ether oxygens (including phenoxy) is 1. The van der Waals surface area contributed by atoms with Crippen LogP contribution in [0.15, 0.2) is 36.0 Å². The van der Waals surface area contributed by atoms with E-state index in [-0.39, 0.29) is 12.0 Å². The summed E-state index contributed by atoms with van der Waals surface area (Å²) in [6, 6.07) is 5.96. The van der Waals surface area contributed by atoms with Crippen LogP contribution in [0.5, 0.6) is 0 Å². The van der Waals surface area contributed by atoms with Crippen LogP contribution in [0, 0.1) is 0 Å². The Balaban J connectivity index is 2.44. The summed E-state index contributed by atoms with van der Waals surface area (Å²) >= 11 is 0. The van der Waals surface area contributed by atoms with Gasteiger partial charge in [0.05, 0.1) is 12.8 Å². The fraction of sp³-hybridized carbons (Fsp3) is 0.385. The molecule has 0 aliphatic heterocycles. The van der Waals surface area contributed by atoms with Crippen LogP contribution in [0.4, 0.5) is 0 Å². The number of hydrogen-bond acceptors (Lipinski definition) is 4. The highest BCUT2D eigenvalue weighted by molar-refractivity contribution is 5.87. The largest absolute Gasteiger partial charge is 0.466 e. The van der Waals surface area contributed by atoms with Crippen LogP contribution in [-0.2, 0) is 9.53 Å². The van der Waals surface area contributed by atoms with Crippen molar-refractivity contribution in [3.63, 3.8) is 0 Å². The van der Waals surface area contributed by atoms with Gasteiger partial charge in [0.2, 0.25) is 0 Å². The number of pyridine rings is 1. The summed E-state index contributed by atoms with van der Waals surface area (Å²) in [5.41, 5.74) is 1.59. The highest BCUT2D eigenvalue weighted by atomic mass is 16.5. The molecule has 1 atom stereocenters. The number of carbonyl (C=O) groups excluding carboxylic acids is 1. The first-order valence-electron chi connectivity index (χ1n) is 5.54. The van der Waals surface area contributed by atoms with Gasteiger partial charge >= 0.3 is 5.97 Å². The maximum atomic E-state index is 11.1. The summed E-state index contributed by atoms with van der Waals surface area (Å²) in [5.74, 6) is -0.294. The zero-order valence-electron chi connectivity index (χ0n) is 10.4. The van der Waals surface area contributed by atoms with Gasteiger partial charge in [0.25, 0.3) is 0 Å². The van der Waals surface area contributed by atoms with Gasteiger partial charge in [-0.05, 0) is 26.0 Å². The Morgan fingerprint density at radius 3 is 2.94 bits per heavy atom. The van der Waals surface area contributed by atoms with E-state index in [9.17, 15) is 4.79 Å². The van der Waals surface area contributed by atoms with Gasteiger partial charge in [-0.3, -0.25) is 4.98 Å². The number of aromatic nitrogens is 1. The van der Waals surface area contributed by atoms with Gasteiger partial charge in [-0.1, -0.05) is 12.1 Å². The van der Waals surface area contributed by atoms with E-state index in [2.05, 4.69) is 15.0 Å². The lowest BCUT2D eigenvalue weighted by atomic mass is 10.2. The normalized spacial score (nSPS) is 13.2. The van der Waals surface area contributed by atoms with Gasteiger partial charge in [-0.15, -0.1) is 0 Å². The molecular weight excluding hydrogens is 216 g/mol. The maximum absolute atomic E-state index is 11.1. The summed E-state index contributed by atoms with van der Waals surface area (Å²) in [7, 11) is 1.38. The number of nitrogens with one attached hydrogen (secondary N) is 1. The monoisotopic (exact) mass is 234 g/mol. The second kappa shape index (κ2) is 6.81. The molecule has 0 amide bonds. The molecule has 0 saturated carbocycles. The van der Waals surface area contributed by atoms with Gasteiger partial charge in [0.1, 0.15) is 0 Å². The number of rotatable bonds is 5. The van der Waals surface area contributed by atoms with Gasteiger partial charge in [-0.25, -0.2) is 4.79 Å². The van der Waals surface area contributed by atoms with Crippen molar-refractivity contribution >= 4 is 5.97 Å².